The van der Waals surface area contributed by atoms with E-state index in [9.17, 15) is 0 Å². The van der Waals surface area contributed by atoms with Crippen molar-refractivity contribution in [3.63, 3.8) is 0 Å². The van der Waals surface area contributed by atoms with Crippen molar-refractivity contribution in [3.05, 3.63) is 77.7 Å². The van der Waals surface area contributed by atoms with Crippen molar-refractivity contribution in [2.45, 2.75) is 19.1 Å². The maximum atomic E-state index is 6.06. The molecule has 1 aliphatic heterocycles. The van der Waals surface area contributed by atoms with Crippen molar-refractivity contribution in [2.24, 2.45) is 7.05 Å². The number of aromatic nitrogens is 3. The number of nitrogens with one attached hydrogen (secondary N) is 1. The highest BCUT2D eigenvalue weighted by Gasteiger charge is 2.25. The third kappa shape index (κ3) is 4.89. The molecule has 0 spiro atoms. The van der Waals surface area contributed by atoms with Crippen molar-refractivity contribution in [1.29, 1.82) is 0 Å². The molecule has 7 heteroatoms. The molecule has 1 atom stereocenters. The van der Waals surface area contributed by atoms with E-state index in [1.807, 2.05) is 24.3 Å². The molecule has 1 N–H and O–H groups in total. The van der Waals surface area contributed by atoms with Gasteiger partial charge in [-0.1, -0.05) is 18.2 Å². The van der Waals surface area contributed by atoms with Crippen LogP contribution in [0.2, 0.25) is 0 Å². The summed E-state index contributed by atoms with van der Waals surface area (Å²) in [6.45, 7) is 3.95. The standard InChI is InChI=1S/C26H30N4O3/c1-29-16-19(23-5-3-4-6-25(23)29)17-30-12-14-33-26(18-30)24-15-20(27-28-24)11-13-32-22-9-7-21(31-2)8-10-22/h3-10,15-16,26H,11-14,17-18H2,1-2H3,(H,27,28)/t26-/m0/s1. The highest BCUT2D eigenvalue weighted by atomic mass is 16.5. The molecule has 3 heterocycles. The highest BCUT2D eigenvalue weighted by Crippen LogP contribution is 2.26. The fourth-order valence-electron chi connectivity index (χ4n) is 4.44. The van der Waals surface area contributed by atoms with Crippen LogP contribution in [0, 0.1) is 0 Å². The molecule has 0 unspecified atom stereocenters. The second kappa shape index (κ2) is 9.68. The lowest BCUT2D eigenvalue weighted by atomic mass is 10.1. The van der Waals surface area contributed by atoms with Crippen molar-refractivity contribution in [3.8, 4) is 11.5 Å². The van der Waals surface area contributed by atoms with Crippen LogP contribution < -0.4 is 9.47 Å². The Balaban J connectivity index is 1.17. The minimum atomic E-state index is -0.0266. The van der Waals surface area contributed by atoms with Gasteiger partial charge in [0.25, 0.3) is 0 Å². The third-order valence-corrected chi connectivity index (χ3v) is 6.20. The van der Waals surface area contributed by atoms with Crippen LogP contribution in [-0.4, -0.2) is 53.1 Å². The molecule has 33 heavy (non-hydrogen) atoms. The molecule has 2 aromatic carbocycles. The first-order valence-corrected chi connectivity index (χ1v) is 11.4. The van der Waals surface area contributed by atoms with E-state index in [0.717, 1.165) is 48.9 Å². The second-order valence-corrected chi connectivity index (χ2v) is 8.47. The topological polar surface area (TPSA) is 64.5 Å². The van der Waals surface area contributed by atoms with Gasteiger partial charge in [0.1, 0.15) is 17.6 Å². The van der Waals surface area contributed by atoms with Gasteiger partial charge in [-0.05, 0) is 42.0 Å². The quantitative estimate of drug-likeness (QED) is 0.441. The smallest absolute Gasteiger partial charge is 0.119 e. The van der Waals surface area contributed by atoms with Gasteiger partial charge in [-0.2, -0.15) is 5.10 Å². The van der Waals surface area contributed by atoms with Crippen LogP contribution >= 0.6 is 0 Å². The van der Waals surface area contributed by atoms with Crippen LogP contribution in [-0.2, 0) is 24.8 Å². The van der Waals surface area contributed by atoms with Gasteiger partial charge in [0.05, 0.1) is 26.0 Å². The summed E-state index contributed by atoms with van der Waals surface area (Å²) in [5.74, 6) is 1.65. The first-order valence-electron chi connectivity index (χ1n) is 11.4. The molecule has 0 bridgehead atoms. The zero-order valence-corrected chi connectivity index (χ0v) is 19.2. The molecular weight excluding hydrogens is 416 g/mol. The van der Waals surface area contributed by atoms with E-state index in [1.165, 1.54) is 16.5 Å². The predicted molar refractivity (Wildman–Crippen MR) is 128 cm³/mol. The molecule has 7 nitrogen and oxygen atoms in total. The Morgan fingerprint density at radius 3 is 2.79 bits per heavy atom. The number of aryl methyl sites for hydroxylation is 1. The van der Waals surface area contributed by atoms with Crippen LogP contribution in [0.25, 0.3) is 10.9 Å². The van der Waals surface area contributed by atoms with E-state index < -0.39 is 0 Å². The van der Waals surface area contributed by atoms with Crippen LogP contribution in [0.3, 0.4) is 0 Å². The van der Waals surface area contributed by atoms with Gasteiger partial charge in [0.2, 0.25) is 0 Å². The molecule has 4 aromatic rings. The summed E-state index contributed by atoms with van der Waals surface area (Å²) in [4.78, 5) is 2.46. The average Bonchev–Trinajstić information content (AvgIpc) is 3.45. The molecule has 2 aromatic heterocycles. The molecule has 0 aliphatic carbocycles. The number of benzene rings is 2. The van der Waals surface area contributed by atoms with Gasteiger partial charge in [-0.3, -0.25) is 10.00 Å². The van der Waals surface area contributed by atoms with Gasteiger partial charge in [-0.25, -0.2) is 0 Å². The lowest BCUT2D eigenvalue weighted by Gasteiger charge is -2.32. The summed E-state index contributed by atoms with van der Waals surface area (Å²) >= 11 is 0. The molecule has 172 valence electrons. The fourth-order valence-corrected chi connectivity index (χ4v) is 4.44. The molecule has 1 aliphatic rings. The molecule has 0 saturated carbocycles. The van der Waals surface area contributed by atoms with Crippen LogP contribution in [0.5, 0.6) is 11.5 Å². The van der Waals surface area contributed by atoms with Gasteiger partial charge in [-0.15, -0.1) is 0 Å². The number of methoxy groups -OCH3 is 1. The van der Waals surface area contributed by atoms with Gasteiger partial charge in [0, 0.05) is 55.9 Å². The number of rotatable bonds is 8. The normalized spacial score (nSPS) is 16.8. The van der Waals surface area contributed by atoms with E-state index in [1.54, 1.807) is 7.11 Å². The Morgan fingerprint density at radius 2 is 1.94 bits per heavy atom. The molecular formula is C26H30N4O3. The maximum absolute atomic E-state index is 6.06. The van der Waals surface area contributed by atoms with Crippen molar-refractivity contribution in [2.75, 3.05) is 33.4 Å². The van der Waals surface area contributed by atoms with Crippen molar-refractivity contribution >= 4 is 10.9 Å². The van der Waals surface area contributed by atoms with E-state index in [-0.39, 0.29) is 6.10 Å². The number of H-pyrrole nitrogens is 1. The van der Waals surface area contributed by atoms with E-state index in [2.05, 4.69) is 63.2 Å². The van der Waals surface area contributed by atoms with Gasteiger partial charge in [0.15, 0.2) is 0 Å². The summed E-state index contributed by atoms with van der Waals surface area (Å²) in [6, 6.07) is 18.3. The monoisotopic (exact) mass is 446 g/mol. The predicted octanol–water partition coefficient (Wildman–Crippen LogP) is 4.11. The lowest BCUT2D eigenvalue weighted by molar-refractivity contribution is -0.0349. The fraction of sp³-hybridized carbons (Fsp3) is 0.346. The van der Waals surface area contributed by atoms with Gasteiger partial charge >= 0.3 is 0 Å². The van der Waals surface area contributed by atoms with E-state index in [4.69, 9.17) is 14.2 Å². The van der Waals surface area contributed by atoms with E-state index >= 15 is 0 Å². The highest BCUT2D eigenvalue weighted by molar-refractivity contribution is 5.83. The number of morpholine rings is 1. The Hall–Kier alpha value is -3.29. The summed E-state index contributed by atoms with van der Waals surface area (Å²) in [7, 11) is 3.77. The SMILES string of the molecule is COc1ccc(OCCc2cc([C@@H]3CN(Cc4cn(C)c5ccccc45)CCO3)n[nH]2)cc1. The Bertz CT molecular complexity index is 1200. The van der Waals surface area contributed by atoms with Crippen LogP contribution in [0.15, 0.2) is 60.8 Å². The Morgan fingerprint density at radius 1 is 1.12 bits per heavy atom. The van der Waals surface area contributed by atoms with Crippen LogP contribution in [0.1, 0.15) is 23.1 Å². The molecule has 1 saturated heterocycles. The van der Waals surface area contributed by atoms with Crippen molar-refractivity contribution < 1.29 is 14.2 Å². The van der Waals surface area contributed by atoms with Crippen molar-refractivity contribution in [1.82, 2.24) is 19.7 Å². The minimum absolute atomic E-state index is 0.0266. The van der Waals surface area contributed by atoms with Gasteiger partial charge < -0.3 is 18.8 Å². The average molecular weight is 447 g/mol. The molecule has 5 rings (SSSR count). The summed E-state index contributed by atoms with van der Waals surface area (Å²) < 4.78 is 19.3. The van der Waals surface area contributed by atoms with Crippen LogP contribution in [0.4, 0.5) is 0 Å². The molecule has 0 amide bonds. The summed E-state index contributed by atoms with van der Waals surface area (Å²) in [6.07, 6.45) is 2.97. The number of fused-ring (bicyclic) bond motifs is 1. The zero-order valence-electron chi connectivity index (χ0n) is 19.2. The number of para-hydroxylation sites is 1. The second-order valence-electron chi connectivity index (χ2n) is 8.47. The third-order valence-electron chi connectivity index (χ3n) is 6.20. The number of hydrogen-bond acceptors (Lipinski definition) is 5. The zero-order chi connectivity index (χ0) is 22.6. The first kappa shape index (κ1) is 21.6. The largest absolute Gasteiger partial charge is 0.497 e. The van der Waals surface area contributed by atoms with E-state index in [0.29, 0.717) is 13.2 Å². The number of aromatic amines is 1. The molecule has 0 radical (unpaired) electrons. The first-order chi connectivity index (χ1) is 16.2. The molecule has 1 fully saturated rings. The number of nitrogens with zero attached hydrogens (tertiary/aromatic N) is 3. The lowest BCUT2D eigenvalue weighted by Crippen LogP contribution is -2.37. The number of ether oxygens (including phenoxy) is 3. The Kier molecular flexibility index (Phi) is 6.32. The maximum Gasteiger partial charge on any atom is 0.119 e. The Labute approximate surface area is 193 Å². The number of hydrogen-bond donors (Lipinski definition) is 1. The minimum Gasteiger partial charge on any atom is -0.497 e. The summed E-state index contributed by atoms with van der Waals surface area (Å²) in [5, 5.41) is 9.00. The summed E-state index contributed by atoms with van der Waals surface area (Å²) in [5.41, 5.74) is 4.63.